The van der Waals surface area contributed by atoms with Gasteiger partial charge in [-0.15, -0.1) is 0 Å². The average molecular weight is 578 g/mol. The summed E-state index contributed by atoms with van der Waals surface area (Å²) in [5, 5.41) is 4.39. The van der Waals surface area contributed by atoms with Crippen molar-refractivity contribution < 1.29 is 42.1 Å². The van der Waals surface area contributed by atoms with Crippen LogP contribution < -0.4 is 33.1 Å². The number of hydrogen-bond acceptors (Lipinski definition) is 9. The van der Waals surface area contributed by atoms with Crippen LogP contribution in [0.1, 0.15) is 29.8 Å². The Morgan fingerprint density at radius 2 is 1.54 bits per heavy atom. The normalized spacial score (nSPS) is 14.9. The number of para-hydroxylation sites is 1. The Bertz CT molecular complexity index is 1700. The molecular weight excluding hydrogens is 549 g/mol. The van der Waals surface area contributed by atoms with Crippen molar-refractivity contribution in [3.8, 4) is 45.6 Å². The Balaban J connectivity index is 1.60. The van der Waals surface area contributed by atoms with Crippen LogP contribution in [0.3, 0.4) is 0 Å². The number of cyclic esters (lactones) is 1. The number of hydrogen-bond donors (Lipinski definition) is 1. The summed E-state index contributed by atoms with van der Waals surface area (Å²) in [7, 11) is -0.930. The van der Waals surface area contributed by atoms with Gasteiger partial charge in [-0.05, 0) is 61.0 Å². The van der Waals surface area contributed by atoms with Crippen LogP contribution in [0.15, 0.2) is 60.7 Å². The zero-order chi connectivity index (χ0) is 28.7. The summed E-state index contributed by atoms with van der Waals surface area (Å²) in [6.45, 7) is 3.77. The second kappa shape index (κ2) is 10.5. The molecule has 0 fully saturated rings. The lowest BCUT2D eigenvalue weighted by molar-refractivity contribution is 0.0535. The fourth-order valence-electron chi connectivity index (χ4n) is 4.96. The lowest BCUT2D eigenvalue weighted by Crippen LogP contribution is -2.25. The van der Waals surface area contributed by atoms with Crippen LogP contribution in [0.2, 0.25) is 0 Å². The molecule has 4 aromatic carbocycles. The van der Waals surface area contributed by atoms with Crippen LogP contribution in [0, 0.1) is 0 Å². The van der Waals surface area contributed by atoms with Gasteiger partial charge in [0, 0.05) is 28.8 Å². The zero-order valence-corrected chi connectivity index (χ0v) is 23.8. The van der Waals surface area contributed by atoms with Crippen molar-refractivity contribution in [2.45, 2.75) is 26.5 Å². The second-order valence-corrected chi connectivity index (χ2v) is 11.4. The Morgan fingerprint density at radius 3 is 2.24 bits per heavy atom. The molecule has 6 rings (SSSR count). The predicted octanol–water partition coefficient (Wildman–Crippen LogP) is 6.49. The highest BCUT2D eigenvalue weighted by Crippen LogP contribution is 2.53. The molecule has 1 N–H and O–H groups in total. The molecule has 11 heteroatoms. The maximum absolute atomic E-state index is 14.2. The molecule has 0 bridgehead atoms. The van der Waals surface area contributed by atoms with Gasteiger partial charge in [-0.3, -0.25) is 0 Å². The maximum atomic E-state index is 14.2. The van der Waals surface area contributed by atoms with Crippen molar-refractivity contribution in [2.75, 3.05) is 21.0 Å². The van der Waals surface area contributed by atoms with E-state index >= 15 is 0 Å². The molecule has 212 valence electrons. The molecular formula is C30H28NO9P. The molecule has 4 aromatic rings. The molecule has 10 nitrogen and oxygen atoms in total. The van der Waals surface area contributed by atoms with E-state index in [-0.39, 0.29) is 25.2 Å². The van der Waals surface area contributed by atoms with Crippen molar-refractivity contribution >= 4 is 24.5 Å². The first-order chi connectivity index (χ1) is 19.8. The molecule has 0 saturated carbocycles. The van der Waals surface area contributed by atoms with Gasteiger partial charge in [0.25, 0.3) is 0 Å². The van der Waals surface area contributed by atoms with Gasteiger partial charge < -0.3 is 32.7 Å². The summed E-state index contributed by atoms with van der Waals surface area (Å²) in [6.07, 6.45) is 0. The van der Waals surface area contributed by atoms with Crippen molar-refractivity contribution in [1.82, 2.24) is 5.09 Å². The second-order valence-electron chi connectivity index (χ2n) is 9.77. The van der Waals surface area contributed by atoms with Crippen LogP contribution in [-0.2, 0) is 15.9 Å². The van der Waals surface area contributed by atoms with Gasteiger partial charge in [0.2, 0.25) is 6.79 Å². The summed E-state index contributed by atoms with van der Waals surface area (Å²) in [6, 6.07) is 17.3. The van der Waals surface area contributed by atoms with E-state index < -0.39 is 13.7 Å². The number of ether oxygens (including phenoxy) is 5. The van der Waals surface area contributed by atoms with Crippen LogP contribution in [0.5, 0.6) is 34.5 Å². The number of rotatable bonds is 9. The van der Waals surface area contributed by atoms with Crippen molar-refractivity contribution in [3.63, 3.8) is 0 Å². The maximum Gasteiger partial charge on any atom is 0.513 e. The average Bonchev–Trinajstić information content (AvgIpc) is 3.56. The van der Waals surface area contributed by atoms with E-state index in [2.05, 4.69) is 5.09 Å². The minimum Gasteiger partial charge on any atom is -0.493 e. The third-order valence-corrected chi connectivity index (χ3v) is 8.36. The number of methoxy groups -OCH3 is 2. The van der Waals surface area contributed by atoms with Crippen molar-refractivity contribution in [3.05, 3.63) is 71.8 Å². The minimum atomic E-state index is -4.02. The van der Waals surface area contributed by atoms with Crippen molar-refractivity contribution in [1.29, 1.82) is 0 Å². The summed E-state index contributed by atoms with van der Waals surface area (Å²) < 4.78 is 54.3. The first kappa shape index (κ1) is 26.8. The van der Waals surface area contributed by atoms with Crippen LogP contribution in [0.25, 0.3) is 21.9 Å². The van der Waals surface area contributed by atoms with Crippen LogP contribution in [-0.4, -0.2) is 33.0 Å². The molecule has 0 saturated heterocycles. The smallest absolute Gasteiger partial charge is 0.493 e. The number of carbonyl (C=O) groups excluding carboxylic acids is 1. The molecule has 2 aliphatic heterocycles. The van der Waals surface area contributed by atoms with Crippen molar-refractivity contribution in [2.24, 2.45) is 0 Å². The predicted molar refractivity (Wildman–Crippen MR) is 151 cm³/mol. The highest BCUT2D eigenvalue weighted by atomic mass is 31.2. The Labute approximate surface area is 236 Å². The van der Waals surface area contributed by atoms with Gasteiger partial charge in [-0.1, -0.05) is 18.2 Å². The molecule has 0 spiro atoms. The number of fused-ring (bicyclic) bond motifs is 3. The highest BCUT2D eigenvalue weighted by molar-refractivity contribution is 7.52. The highest BCUT2D eigenvalue weighted by Gasteiger charge is 2.35. The van der Waals surface area contributed by atoms with E-state index in [0.717, 1.165) is 5.39 Å². The largest absolute Gasteiger partial charge is 0.513 e. The van der Waals surface area contributed by atoms with Gasteiger partial charge >= 0.3 is 13.7 Å². The zero-order valence-electron chi connectivity index (χ0n) is 22.9. The fraction of sp³-hybridized carbons (Fsp3) is 0.233. The number of esters is 1. The Hall–Kier alpha value is -4.40. The van der Waals surface area contributed by atoms with E-state index in [9.17, 15) is 9.36 Å². The monoisotopic (exact) mass is 577 g/mol. The lowest BCUT2D eigenvalue weighted by atomic mass is 9.89. The van der Waals surface area contributed by atoms with Crippen LogP contribution >= 0.6 is 7.75 Å². The molecule has 0 radical (unpaired) electrons. The summed E-state index contributed by atoms with van der Waals surface area (Å²) in [5.41, 5.74) is 2.00. The lowest BCUT2D eigenvalue weighted by Gasteiger charge is -2.24. The molecule has 1 unspecified atom stereocenters. The van der Waals surface area contributed by atoms with Crippen LogP contribution in [0.4, 0.5) is 0 Å². The van der Waals surface area contributed by atoms with Gasteiger partial charge in [0.15, 0.2) is 23.0 Å². The van der Waals surface area contributed by atoms with Gasteiger partial charge in [0.05, 0.1) is 19.8 Å². The van der Waals surface area contributed by atoms with E-state index in [4.69, 9.17) is 32.7 Å². The molecule has 2 aliphatic rings. The summed E-state index contributed by atoms with van der Waals surface area (Å²) in [5.74, 6) is 1.87. The van der Waals surface area contributed by atoms with E-state index in [1.165, 1.54) is 7.11 Å². The third-order valence-electron chi connectivity index (χ3n) is 6.64. The minimum absolute atomic E-state index is 0.00134. The molecule has 1 atom stereocenters. The number of nitrogens with one attached hydrogen (secondary N) is 1. The third kappa shape index (κ3) is 5.01. The topological polar surface area (TPSA) is 111 Å². The number of benzene rings is 4. The quantitative estimate of drug-likeness (QED) is 0.175. The summed E-state index contributed by atoms with van der Waals surface area (Å²) in [4.78, 5) is 13.1. The molecule has 0 amide bonds. The SMILES string of the molecule is COc1cc2cc3c(c(-c4cc5c(cc4OP(=O)(NC(C)C)Oc4ccccc4)OCO5)c2cc1OC)C(=O)OC3. The van der Waals surface area contributed by atoms with E-state index in [1.54, 1.807) is 49.6 Å². The Morgan fingerprint density at radius 1 is 0.829 bits per heavy atom. The van der Waals surface area contributed by atoms with E-state index in [1.807, 2.05) is 32.0 Å². The van der Waals surface area contributed by atoms with Gasteiger partial charge in [-0.2, -0.15) is 5.09 Å². The first-order valence-electron chi connectivity index (χ1n) is 12.9. The molecule has 0 aliphatic carbocycles. The van der Waals surface area contributed by atoms with Gasteiger partial charge in [0.1, 0.15) is 18.1 Å². The number of carbonyl (C=O) groups is 1. The van der Waals surface area contributed by atoms with E-state index in [0.29, 0.717) is 56.4 Å². The van der Waals surface area contributed by atoms with Gasteiger partial charge in [-0.25, -0.2) is 9.36 Å². The fourth-order valence-corrected chi connectivity index (χ4v) is 6.54. The molecule has 41 heavy (non-hydrogen) atoms. The summed E-state index contributed by atoms with van der Waals surface area (Å²) >= 11 is 0. The standard InChI is InChI=1S/C30H28NO9P/c1-17(2)31-41(33,39-20-8-6-5-7-9-20)40-23-14-27-26(37-16-38-27)13-22(23)29-21-12-25(35-4)24(34-3)11-18(21)10-19-15-36-30(32)28(19)29/h5-14,17H,15-16H2,1-4H3,(H,31,33). The Kier molecular flexibility index (Phi) is 6.89. The first-order valence-corrected chi connectivity index (χ1v) is 14.5. The molecule has 0 aromatic heterocycles. The molecule has 2 heterocycles.